The minimum absolute atomic E-state index is 0.0513. The molecule has 0 saturated heterocycles. The third kappa shape index (κ3) is 2.96. The van der Waals surface area contributed by atoms with Crippen LogP contribution in [0.2, 0.25) is 0 Å². The number of nitrogens with one attached hydrogen (secondary N) is 1. The number of thiocarbonyl (C=S) groups is 1. The third-order valence-electron chi connectivity index (χ3n) is 3.68. The van der Waals surface area contributed by atoms with Crippen LogP contribution in [0.4, 0.5) is 18.9 Å². The molecule has 1 heterocycles. The van der Waals surface area contributed by atoms with E-state index in [1.165, 1.54) is 6.07 Å². The summed E-state index contributed by atoms with van der Waals surface area (Å²) in [6.07, 6.45) is -4.45. The van der Waals surface area contributed by atoms with Crippen molar-refractivity contribution in [2.24, 2.45) is 0 Å². The van der Waals surface area contributed by atoms with Gasteiger partial charge in [-0.15, -0.1) is 0 Å². The lowest BCUT2D eigenvalue weighted by Gasteiger charge is -2.21. The first kappa shape index (κ1) is 15.6. The molecule has 0 saturated carbocycles. The number of alkyl halides is 3. The molecule has 0 atom stereocenters. The van der Waals surface area contributed by atoms with Crippen molar-refractivity contribution >= 4 is 22.9 Å². The zero-order valence-electron chi connectivity index (χ0n) is 12.3. The first-order valence-electron chi connectivity index (χ1n) is 6.94. The minimum atomic E-state index is -4.45. The number of fused-ring (bicyclic) bond motifs is 1. The maximum absolute atomic E-state index is 13.4. The molecule has 0 amide bonds. The minimum Gasteiger partial charge on any atom is -0.338 e. The Labute approximate surface area is 136 Å². The molecule has 0 bridgehead atoms. The fraction of sp³-hybridized carbons (Fsp3) is 0.188. The first-order chi connectivity index (χ1) is 10.9. The maximum atomic E-state index is 13.4. The van der Waals surface area contributed by atoms with E-state index in [0.29, 0.717) is 10.7 Å². The number of anilines is 1. The van der Waals surface area contributed by atoms with Crippen molar-refractivity contribution in [3.8, 4) is 11.3 Å². The summed E-state index contributed by atoms with van der Waals surface area (Å²) in [6, 6.07) is 13.9. The van der Waals surface area contributed by atoms with Crippen LogP contribution in [-0.4, -0.2) is 21.8 Å². The molecular formula is C16H14F3N3S. The quantitative estimate of drug-likeness (QED) is 0.716. The smallest absolute Gasteiger partial charge is 0.338 e. The standard InChI is InChI=1S/C16H14F3N3S/c1-21(11-6-3-2-4-7-11)14(23)10-22-15(16(17,18)19)12-8-5-9-13(12)20-22/h2-9,20H,10H2,1H3. The highest BCUT2D eigenvalue weighted by Gasteiger charge is 2.39. The fourth-order valence-electron chi connectivity index (χ4n) is 2.53. The normalized spacial score (nSPS) is 11.8. The van der Waals surface area contributed by atoms with Gasteiger partial charge in [0.1, 0.15) is 10.7 Å². The van der Waals surface area contributed by atoms with Gasteiger partial charge in [0.15, 0.2) is 0 Å². The van der Waals surface area contributed by atoms with E-state index >= 15 is 0 Å². The van der Waals surface area contributed by atoms with Gasteiger partial charge in [-0.3, -0.25) is 9.78 Å². The molecule has 0 radical (unpaired) electrons. The summed E-state index contributed by atoms with van der Waals surface area (Å²) in [7, 11) is 1.74. The number of hydrogen-bond donors (Lipinski definition) is 1. The van der Waals surface area contributed by atoms with Crippen LogP contribution in [0.15, 0.2) is 48.5 Å². The molecule has 0 unspecified atom stereocenters. The molecule has 1 aliphatic carbocycles. The molecule has 1 aromatic carbocycles. The lowest BCUT2D eigenvalue weighted by atomic mass is 10.2. The van der Waals surface area contributed by atoms with Gasteiger partial charge in [-0.1, -0.05) is 42.5 Å². The molecule has 1 aromatic rings. The van der Waals surface area contributed by atoms with Crippen molar-refractivity contribution in [1.29, 1.82) is 0 Å². The zero-order valence-corrected chi connectivity index (χ0v) is 13.1. The Hall–Kier alpha value is -2.28. The van der Waals surface area contributed by atoms with Crippen LogP contribution in [0.25, 0.3) is 11.3 Å². The largest absolute Gasteiger partial charge is 0.433 e. The van der Waals surface area contributed by atoms with Gasteiger partial charge in [0.05, 0.1) is 12.2 Å². The lowest BCUT2D eigenvalue weighted by molar-refractivity contribution is -0.143. The predicted octanol–water partition coefficient (Wildman–Crippen LogP) is 4.40. The van der Waals surface area contributed by atoms with Crippen molar-refractivity contribution in [3.05, 3.63) is 54.2 Å². The fourth-order valence-corrected chi connectivity index (χ4v) is 2.77. The Morgan fingerprint density at radius 1 is 1.13 bits per heavy atom. The van der Waals surface area contributed by atoms with E-state index in [1.54, 1.807) is 24.1 Å². The Morgan fingerprint density at radius 3 is 2.48 bits per heavy atom. The summed E-state index contributed by atoms with van der Waals surface area (Å²) in [6.45, 7) is -0.0513. The second-order valence-electron chi connectivity index (χ2n) is 5.19. The van der Waals surface area contributed by atoms with Crippen LogP contribution >= 0.6 is 12.2 Å². The van der Waals surface area contributed by atoms with E-state index in [1.807, 2.05) is 30.3 Å². The highest BCUT2D eigenvalue weighted by molar-refractivity contribution is 7.80. The number of likely N-dealkylation sites (N-methyl/N-ethyl adjacent to an activating group) is 1. The van der Waals surface area contributed by atoms with E-state index in [9.17, 15) is 13.2 Å². The number of aromatic nitrogens is 2. The average Bonchev–Trinajstić information content (AvgIpc) is 3.06. The van der Waals surface area contributed by atoms with Crippen molar-refractivity contribution in [2.45, 2.75) is 12.7 Å². The Balaban J connectivity index is 1.91. The third-order valence-corrected chi connectivity index (χ3v) is 4.08. The number of benzene rings is 1. The van der Waals surface area contributed by atoms with Crippen LogP contribution in [0.1, 0.15) is 5.69 Å². The van der Waals surface area contributed by atoms with Crippen molar-refractivity contribution < 1.29 is 13.2 Å². The predicted molar refractivity (Wildman–Crippen MR) is 87.8 cm³/mol. The van der Waals surface area contributed by atoms with Crippen LogP contribution in [0.5, 0.6) is 0 Å². The van der Waals surface area contributed by atoms with Crippen molar-refractivity contribution in [1.82, 2.24) is 9.78 Å². The highest BCUT2D eigenvalue weighted by Crippen LogP contribution is 2.38. The summed E-state index contributed by atoms with van der Waals surface area (Å²) in [5, 5.41) is 2.77. The molecule has 120 valence electrons. The Morgan fingerprint density at radius 2 is 1.83 bits per heavy atom. The topological polar surface area (TPSA) is 24.0 Å². The Bertz CT molecular complexity index is 789. The summed E-state index contributed by atoms with van der Waals surface area (Å²) in [5.74, 6) is 0. The zero-order chi connectivity index (χ0) is 16.6. The molecular weight excluding hydrogens is 323 g/mol. The number of hydrogen-bond acceptors (Lipinski definition) is 1. The number of para-hydroxylation sites is 1. The first-order valence-corrected chi connectivity index (χ1v) is 7.35. The second kappa shape index (κ2) is 5.73. The van der Waals surface area contributed by atoms with E-state index in [4.69, 9.17) is 12.2 Å². The van der Waals surface area contributed by atoms with Gasteiger partial charge in [0.25, 0.3) is 0 Å². The number of rotatable bonds is 3. The van der Waals surface area contributed by atoms with E-state index in [-0.39, 0.29) is 12.1 Å². The number of halogens is 3. The molecule has 1 aliphatic heterocycles. The van der Waals surface area contributed by atoms with Crippen LogP contribution < -0.4 is 4.90 Å². The molecule has 1 N–H and O–H groups in total. The highest BCUT2D eigenvalue weighted by atomic mass is 32.1. The monoisotopic (exact) mass is 337 g/mol. The molecule has 23 heavy (non-hydrogen) atoms. The van der Waals surface area contributed by atoms with Gasteiger partial charge in [-0.05, 0) is 18.2 Å². The summed E-state index contributed by atoms with van der Waals surface area (Å²) in [5.41, 5.74) is 0.726. The van der Waals surface area contributed by atoms with Gasteiger partial charge in [0.2, 0.25) is 0 Å². The van der Waals surface area contributed by atoms with Crippen LogP contribution in [0.3, 0.4) is 0 Å². The van der Waals surface area contributed by atoms with Gasteiger partial charge in [-0.25, -0.2) is 0 Å². The number of aromatic amines is 1. The lowest BCUT2D eigenvalue weighted by Crippen LogP contribution is -2.30. The molecule has 0 fully saturated rings. The molecule has 0 aromatic heterocycles. The molecule has 3 nitrogen and oxygen atoms in total. The SMILES string of the molecule is CN(C(=S)Cn1[nH]c2cccc-2c1C(F)(F)F)c1ccccc1. The Kier molecular flexibility index (Phi) is 3.89. The summed E-state index contributed by atoms with van der Waals surface area (Å²) >= 11 is 5.32. The molecule has 0 spiro atoms. The summed E-state index contributed by atoms with van der Waals surface area (Å²) < 4.78 is 41.2. The molecule has 3 rings (SSSR count). The average molecular weight is 337 g/mol. The molecule has 7 heteroatoms. The van der Waals surface area contributed by atoms with Crippen molar-refractivity contribution in [3.63, 3.8) is 0 Å². The summed E-state index contributed by atoms with van der Waals surface area (Å²) in [4.78, 5) is 2.09. The van der Waals surface area contributed by atoms with Crippen LogP contribution in [-0.2, 0) is 12.7 Å². The second-order valence-corrected chi connectivity index (χ2v) is 5.66. The van der Waals surface area contributed by atoms with Gasteiger partial charge in [-0.2, -0.15) is 13.2 Å². The van der Waals surface area contributed by atoms with Gasteiger partial charge in [0, 0.05) is 18.3 Å². The van der Waals surface area contributed by atoms with Crippen molar-refractivity contribution in [2.75, 3.05) is 11.9 Å². The number of H-pyrrole nitrogens is 1. The van der Waals surface area contributed by atoms with Crippen LogP contribution in [0, 0.1) is 0 Å². The van der Waals surface area contributed by atoms with E-state index in [0.717, 1.165) is 10.4 Å². The van der Waals surface area contributed by atoms with E-state index in [2.05, 4.69) is 5.10 Å². The molecule has 2 aliphatic rings. The van der Waals surface area contributed by atoms with Gasteiger partial charge < -0.3 is 4.90 Å². The number of nitrogens with zero attached hydrogens (tertiary/aromatic N) is 2. The maximum Gasteiger partial charge on any atom is 0.433 e. The van der Waals surface area contributed by atoms with E-state index < -0.39 is 11.9 Å². The van der Waals surface area contributed by atoms with Gasteiger partial charge >= 0.3 is 6.18 Å².